The largest absolute Gasteiger partial charge is 0.392 e. The smallest absolute Gasteiger partial charge is 0.110 e. The van der Waals surface area contributed by atoms with Gasteiger partial charge in [-0.15, -0.1) is 0 Å². The highest BCUT2D eigenvalue weighted by Crippen LogP contribution is 2.19. The van der Waals surface area contributed by atoms with Gasteiger partial charge in [0.1, 0.15) is 5.82 Å². The van der Waals surface area contributed by atoms with E-state index in [1.165, 1.54) is 10.9 Å². The number of benzene rings is 2. The molecule has 0 aliphatic carbocycles. The molecular weight excluding hydrogens is 224 g/mol. The maximum absolute atomic E-state index is 9.11. The second-order valence-corrected chi connectivity index (χ2v) is 4.39. The molecule has 0 radical (unpaired) electrons. The van der Waals surface area contributed by atoms with Crippen LogP contribution in [-0.2, 0) is 13.0 Å². The van der Waals surface area contributed by atoms with E-state index >= 15 is 0 Å². The van der Waals surface area contributed by atoms with E-state index in [1.807, 2.05) is 24.4 Å². The Bertz CT molecular complexity index is 659. The molecular formula is C15H14N2O. The van der Waals surface area contributed by atoms with E-state index in [4.69, 9.17) is 5.11 Å². The van der Waals surface area contributed by atoms with Crippen LogP contribution in [0.2, 0.25) is 0 Å². The highest BCUT2D eigenvalue weighted by molar-refractivity contribution is 5.83. The number of aliphatic hydroxyl groups excluding tert-OH is 1. The number of rotatable bonds is 3. The number of hydrogen-bond acceptors (Lipinski definition) is 2. The van der Waals surface area contributed by atoms with E-state index in [9.17, 15) is 0 Å². The van der Waals surface area contributed by atoms with E-state index in [0.29, 0.717) is 0 Å². The third kappa shape index (κ3) is 2.13. The van der Waals surface area contributed by atoms with Gasteiger partial charge in [-0.05, 0) is 28.0 Å². The second-order valence-electron chi connectivity index (χ2n) is 4.39. The number of hydrogen-bond donors (Lipinski definition) is 2. The molecule has 3 rings (SSSR count). The average Bonchev–Trinajstić information content (AvgIpc) is 2.91. The third-order valence-corrected chi connectivity index (χ3v) is 3.08. The minimum absolute atomic E-state index is 0.0874. The first kappa shape index (κ1) is 11.0. The van der Waals surface area contributed by atoms with Crippen molar-refractivity contribution in [2.45, 2.75) is 13.0 Å². The summed E-state index contributed by atoms with van der Waals surface area (Å²) in [7, 11) is 0. The van der Waals surface area contributed by atoms with Gasteiger partial charge in [0.05, 0.1) is 6.61 Å². The number of aromatic nitrogens is 2. The molecule has 2 aromatic carbocycles. The van der Waals surface area contributed by atoms with Gasteiger partial charge in [0.25, 0.3) is 0 Å². The van der Waals surface area contributed by atoms with Gasteiger partial charge in [-0.3, -0.25) is 0 Å². The Hall–Kier alpha value is -2.13. The van der Waals surface area contributed by atoms with Crippen LogP contribution in [-0.4, -0.2) is 15.1 Å². The molecule has 0 bridgehead atoms. The van der Waals surface area contributed by atoms with Crippen LogP contribution in [0.1, 0.15) is 17.0 Å². The molecule has 0 unspecified atom stereocenters. The zero-order valence-electron chi connectivity index (χ0n) is 9.93. The highest BCUT2D eigenvalue weighted by atomic mass is 16.3. The molecule has 2 N–H and O–H groups in total. The molecule has 3 heteroatoms. The molecule has 1 aromatic heterocycles. The SMILES string of the molecule is OCc1ccc2cc(Cc3ncc[nH]3)ccc2c1. The van der Waals surface area contributed by atoms with Crippen LogP contribution >= 0.6 is 0 Å². The first-order valence-electron chi connectivity index (χ1n) is 5.96. The number of imidazole rings is 1. The van der Waals surface area contributed by atoms with Crippen molar-refractivity contribution in [1.29, 1.82) is 0 Å². The predicted octanol–water partition coefficient (Wildman–Crippen LogP) is 2.65. The number of nitrogens with one attached hydrogen (secondary N) is 1. The lowest BCUT2D eigenvalue weighted by Gasteiger charge is -2.04. The molecule has 0 atom stereocenters. The molecule has 0 saturated carbocycles. The van der Waals surface area contributed by atoms with Crippen molar-refractivity contribution < 1.29 is 5.11 Å². The summed E-state index contributed by atoms with van der Waals surface area (Å²) in [6, 6.07) is 12.4. The van der Waals surface area contributed by atoms with Crippen LogP contribution in [0, 0.1) is 0 Å². The molecule has 3 nitrogen and oxygen atoms in total. The van der Waals surface area contributed by atoms with Gasteiger partial charge in [0.15, 0.2) is 0 Å². The number of fused-ring (bicyclic) bond motifs is 1. The molecule has 0 saturated heterocycles. The predicted molar refractivity (Wildman–Crippen MR) is 71.3 cm³/mol. The maximum Gasteiger partial charge on any atom is 0.110 e. The Morgan fingerprint density at radius 3 is 2.39 bits per heavy atom. The molecule has 0 fully saturated rings. The lowest BCUT2D eigenvalue weighted by atomic mass is 10.0. The fourth-order valence-corrected chi connectivity index (χ4v) is 2.14. The Kier molecular flexibility index (Phi) is 2.82. The normalized spacial score (nSPS) is 10.9. The first-order valence-corrected chi connectivity index (χ1v) is 5.96. The first-order chi connectivity index (χ1) is 8.85. The summed E-state index contributed by atoms with van der Waals surface area (Å²) in [5, 5.41) is 11.5. The molecule has 0 spiro atoms. The van der Waals surface area contributed by atoms with Crippen molar-refractivity contribution in [3.8, 4) is 0 Å². The number of H-pyrrole nitrogens is 1. The molecule has 0 aliphatic rings. The summed E-state index contributed by atoms with van der Waals surface area (Å²) >= 11 is 0. The Balaban J connectivity index is 1.96. The van der Waals surface area contributed by atoms with E-state index in [0.717, 1.165) is 23.2 Å². The monoisotopic (exact) mass is 238 g/mol. The van der Waals surface area contributed by atoms with E-state index in [2.05, 4.69) is 28.2 Å². The zero-order chi connectivity index (χ0) is 12.4. The summed E-state index contributed by atoms with van der Waals surface area (Å²) in [4.78, 5) is 7.34. The Labute approximate surface area is 105 Å². The van der Waals surface area contributed by atoms with E-state index in [1.54, 1.807) is 6.20 Å². The van der Waals surface area contributed by atoms with Crippen molar-refractivity contribution >= 4 is 10.8 Å². The fraction of sp³-hybridized carbons (Fsp3) is 0.133. The van der Waals surface area contributed by atoms with Crippen molar-refractivity contribution in [3.05, 3.63) is 65.7 Å². The molecule has 1 heterocycles. The quantitative estimate of drug-likeness (QED) is 0.737. The topological polar surface area (TPSA) is 48.9 Å². The van der Waals surface area contributed by atoms with Crippen LogP contribution < -0.4 is 0 Å². The van der Waals surface area contributed by atoms with Gasteiger partial charge < -0.3 is 10.1 Å². The van der Waals surface area contributed by atoms with Crippen LogP contribution in [0.3, 0.4) is 0 Å². The van der Waals surface area contributed by atoms with Crippen LogP contribution in [0.5, 0.6) is 0 Å². The number of aromatic amines is 1. The van der Waals surface area contributed by atoms with Crippen molar-refractivity contribution in [3.63, 3.8) is 0 Å². The Morgan fingerprint density at radius 2 is 1.72 bits per heavy atom. The summed E-state index contributed by atoms with van der Waals surface area (Å²) in [6.07, 6.45) is 4.42. The second kappa shape index (κ2) is 4.63. The minimum atomic E-state index is 0.0874. The lowest BCUT2D eigenvalue weighted by molar-refractivity contribution is 0.282. The number of aliphatic hydroxyl groups is 1. The zero-order valence-corrected chi connectivity index (χ0v) is 9.93. The van der Waals surface area contributed by atoms with E-state index in [-0.39, 0.29) is 6.61 Å². The summed E-state index contributed by atoms with van der Waals surface area (Å²) < 4.78 is 0. The molecule has 0 amide bonds. The van der Waals surface area contributed by atoms with Crippen molar-refractivity contribution in [2.24, 2.45) is 0 Å². The van der Waals surface area contributed by atoms with Gasteiger partial charge in [0.2, 0.25) is 0 Å². The Morgan fingerprint density at radius 1 is 1.00 bits per heavy atom. The van der Waals surface area contributed by atoms with E-state index < -0.39 is 0 Å². The van der Waals surface area contributed by atoms with Crippen LogP contribution in [0.25, 0.3) is 10.8 Å². The third-order valence-electron chi connectivity index (χ3n) is 3.08. The van der Waals surface area contributed by atoms with Crippen LogP contribution in [0.15, 0.2) is 48.8 Å². The van der Waals surface area contributed by atoms with Gasteiger partial charge in [-0.1, -0.05) is 30.3 Å². The van der Waals surface area contributed by atoms with Crippen molar-refractivity contribution in [2.75, 3.05) is 0 Å². The highest BCUT2D eigenvalue weighted by Gasteiger charge is 2.01. The maximum atomic E-state index is 9.11. The molecule has 3 aromatic rings. The molecule has 90 valence electrons. The number of nitrogens with zero attached hydrogens (tertiary/aromatic N) is 1. The van der Waals surface area contributed by atoms with Crippen molar-refractivity contribution in [1.82, 2.24) is 9.97 Å². The van der Waals surface area contributed by atoms with Gasteiger partial charge in [-0.2, -0.15) is 0 Å². The fourth-order valence-electron chi connectivity index (χ4n) is 2.14. The summed E-state index contributed by atoms with van der Waals surface area (Å²) in [5.41, 5.74) is 2.18. The minimum Gasteiger partial charge on any atom is -0.392 e. The lowest BCUT2D eigenvalue weighted by Crippen LogP contribution is -1.91. The van der Waals surface area contributed by atoms with Crippen LogP contribution in [0.4, 0.5) is 0 Å². The molecule has 18 heavy (non-hydrogen) atoms. The summed E-state index contributed by atoms with van der Waals surface area (Å²) in [6.45, 7) is 0.0874. The van der Waals surface area contributed by atoms with Gasteiger partial charge in [-0.25, -0.2) is 4.98 Å². The van der Waals surface area contributed by atoms with Gasteiger partial charge in [0, 0.05) is 18.8 Å². The molecule has 0 aliphatic heterocycles. The average molecular weight is 238 g/mol. The van der Waals surface area contributed by atoms with Gasteiger partial charge >= 0.3 is 0 Å². The standard InChI is InChI=1S/C15H14N2O/c18-10-12-2-4-13-7-11(1-3-14(13)8-12)9-15-16-5-6-17-15/h1-8,18H,9-10H2,(H,16,17). The summed E-state index contributed by atoms with van der Waals surface area (Å²) in [5.74, 6) is 0.973.